The van der Waals surface area contributed by atoms with Gasteiger partial charge in [-0.1, -0.05) is 12.1 Å². The molecule has 0 fully saturated rings. The molecular weight excluding hydrogens is 126 g/mol. The molecule has 1 heterocycles. The number of imidazole rings is 1. The van der Waals surface area contributed by atoms with Gasteiger partial charge in [-0.3, -0.25) is 0 Å². The van der Waals surface area contributed by atoms with Gasteiger partial charge >= 0.3 is 0 Å². The maximum absolute atomic E-state index is 4.06. The topological polar surface area (TPSA) is 63.7 Å². The first-order chi connectivity index (χ1) is 4.47. The lowest BCUT2D eigenvalue weighted by atomic mass is 10.3. The summed E-state index contributed by atoms with van der Waals surface area (Å²) in [7, 11) is 0. The second-order valence-corrected chi connectivity index (χ2v) is 1.92. The summed E-state index contributed by atoms with van der Waals surface area (Å²) in [6.07, 6.45) is 1.70. The molecule has 0 spiro atoms. The van der Waals surface area contributed by atoms with Crippen LogP contribution in [0, 0.1) is 0 Å². The zero-order chi connectivity index (χ0) is 6.10. The zero-order valence-electron chi connectivity index (χ0n) is 5.54. The molecule has 10 heavy (non-hydrogen) atoms. The van der Waals surface area contributed by atoms with Crippen molar-refractivity contribution < 1.29 is 0 Å². The van der Waals surface area contributed by atoms with Crippen LogP contribution in [-0.4, -0.2) is 9.97 Å². The molecular formula is C7H9N3. The third kappa shape index (κ3) is 0.867. The Morgan fingerprint density at radius 3 is 2.80 bits per heavy atom. The van der Waals surface area contributed by atoms with Crippen LogP contribution in [0.2, 0.25) is 0 Å². The summed E-state index contributed by atoms with van der Waals surface area (Å²) in [5.41, 5.74) is 2.12. The zero-order valence-corrected chi connectivity index (χ0v) is 5.54. The molecule has 0 aliphatic carbocycles. The molecule has 1 aromatic carbocycles. The molecule has 0 saturated carbocycles. The summed E-state index contributed by atoms with van der Waals surface area (Å²) in [6.45, 7) is 0. The predicted octanol–water partition coefficient (Wildman–Crippen LogP) is 1.72. The van der Waals surface area contributed by atoms with Crippen molar-refractivity contribution in [3.05, 3.63) is 30.6 Å². The van der Waals surface area contributed by atoms with Crippen LogP contribution in [0.4, 0.5) is 0 Å². The Morgan fingerprint density at radius 2 is 2.00 bits per heavy atom. The van der Waals surface area contributed by atoms with E-state index in [0.717, 1.165) is 11.0 Å². The van der Waals surface area contributed by atoms with Crippen LogP contribution in [-0.2, 0) is 0 Å². The largest absolute Gasteiger partial charge is 0.345 e. The first-order valence-corrected chi connectivity index (χ1v) is 2.85. The number of aromatic nitrogens is 2. The number of fused-ring (bicyclic) bond motifs is 1. The molecule has 52 valence electrons. The summed E-state index contributed by atoms with van der Waals surface area (Å²) in [6, 6.07) is 7.94. The number of H-pyrrole nitrogens is 1. The van der Waals surface area contributed by atoms with E-state index in [9.17, 15) is 0 Å². The van der Waals surface area contributed by atoms with Crippen molar-refractivity contribution in [3.8, 4) is 0 Å². The summed E-state index contributed by atoms with van der Waals surface area (Å²) < 4.78 is 0. The molecule has 2 aromatic rings. The summed E-state index contributed by atoms with van der Waals surface area (Å²) >= 11 is 0. The third-order valence-corrected chi connectivity index (χ3v) is 1.33. The fourth-order valence-corrected chi connectivity index (χ4v) is 0.880. The maximum atomic E-state index is 4.06. The van der Waals surface area contributed by atoms with E-state index < -0.39 is 0 Å². The highest BCUT2D eigenvalue weighted by atomic mass is 14.9. The highest BCUT2D eigenvalue weighted by Crippen LogP contribution is 2.05. The monoisotopic (exact) mass is 135 g/mol. The van der Waals surface area contributed by atoms with Gasteiger partial charge in [0.15, 0.2) is 0 Å². The highest BCUT2D eigenvalue weighted by molar-refractivity contribution is 5.73. The van der Waals surface area contributed by atoms with E-state index in [0.29, 0.717) is 0 Å². The Labute approximate surface area is 58.7 Å². The SMILES string of the molecule is N.c1ccc2[nH]cnc2c1. The van der Waals surface area contributed by atoms with Crippen LogP contribution in [0.15, 0.2) is 30.6 Å². The van der Waals surface area contributed by atoms with Crippen molar-refractivity contribution in [2.24, 2.45) is 0 Å². The molecule has 0 radical (unpaired) electrons. The molecule has 0 unspecified atom stereocenters. The van der Waals surface area contributed by atoms with Crippen molar-refractivity contribution in [1.82, 2.24) is 16.1 Å². The van der Waals surface area contributed by atoms with E-state index in [1.807, 2.05) is 24.3 Å². The molecule has 0 atom stereocenters. The molecule has 0 saturated heterocycles. The van der Waals surface area contributed by atoms with Crippen LogP contribution in [0.25, 0.3) is 11.0 Å². The van der Waals surface area contributed by atoms with E-state index >= 15 is 0 Å². The van der Waals surface area contributed by atoms with E-state index in [1.165, 1.54) is 0 Å². The van der Waals surface area contributed by atoms with E-state index in [-0.39, 0.29) is 6.15 Å². The van der Waals surface area contributed by atoms with Gasteiger partial charge in [-0.25, -0.2) is 4.98 Å². The molecule has 3 nitrogen and oxygen atoms in total. The summed E-state index contributed by atoms with van der Waals surface area (Å²) in [5, 5.41) is 0. The Hall–Kier alpha value is -1.35. The second kappa shape index (κ2) is 2.49. The third-order valence-electron chi connectivity index (χ3n) is 1.33. The van der Waals surface area contributed by atoms with E-state index in [2.05, 4.69) is 9.97 Å². The molecule has 3 heteroatoms. The smallest absolute Gasteiger partial charge is 0.0931 e. The maximum Gasteiger partial charge on any atom is 0.0931 e. The van der Waals surface area contributed by atoms with Crippen molar-refractivity contribution in [3.63, 3.8) is 0 Å². The van der Waals surface area contributed by atoms with Crippen molar-refractivity contribution in [1.29, 1.82) is 0 Å². The molecule has 0 aliphatic rings. The van der Waals surface area contributed by atoms with E-state index in [1.54, 1.807) is 6.33 Å². The molecule has 1 aromatic heterocycles. The number of rotatable bonds is 0. The Kier molecular flexibility index (Phi) is 1.69. The van der Waals surface area contributed by atoms with E-state index in [4.69, 9.17) is 0 Å². The fourth-order valence-electron chi connectivity index (χ4n) is 0.880. The van der Waals surface area contributed by atoms with Gasteiger partial charge in [0.2, 0.25) is 0 Å². The lowest BCUT2D eigenvalue weighted by Gasteiger charge is -1.81. The number of nitrogens with zero attached hydrogens (tertiary/aromatic N) is 1. The minimum absolute atomic E-state index is 0. The number of benzene rings is 1. The molecule has 4 N–H and O–H groups in total. The molecule has 0 bridgehead atoms. The average molecular weight is 135 g/mol. The van der Waals surface area contributed by atoms with Crippen LogP contribution in [0.5, 0.6) is 0 Å². The normalized spacial score (nSPS) is 9.20. The number of nitrogens with one attached hydrogen (secondary N) is 1. The first kappa shape index (κ1) is 6.77. The Balaban J connectivity index is 0.000000500. The van der Waals surface area contributed by atoms with Crippen LogP contribution >= 0.6 is 0 Å². The Morgan fingerprint density at radius 1 is 1.20 bits per heavy atom. The van der Waals surface area contributed by atoms with Gasteiger partial charge in [0.25, 0.3) is 0 Å². The van der Waals surface area contributed by atoms with Crippen LogP contribution < -0.4 is 6.15 Å². The first-order valence-electron chi connectivity index (χ1n) is 2.85. The number of hydrogen-bond donors (Lipinski definition) is 2. The van der Waals surface area contributed by atoms with Gasteiger partial charge in [-0.05, 0) is 12.1 Å². The van der Waals surface area contributed by atoms with Gasteiger partial charge < -0.3 is 11.1 Å². The quantitative estimate of drug-likeness (QED) is 0.577. The van der Waals surface area contributed by atoms with Gasteiger partial charge in [0, 0.05) is 0 Å². The number of para-hydroxylation sites is 2. The Bertz CT molecular complexity index is 283. The molecule has 0 amide bonds. The van der Waals surface area contributed by atoms with Crippen LogP contribution in [0.3, 0.4) is 0 Å². The lowest BCUT2D eigenvalue weighted by Crippen LogP contribution is -1.63. The van der Waals surface area contributed by atoms with Crippen molar-refractivity contribution in [2.45, 2.75) is 0 Å². The minimum Gasteiger partial charge on any atom is -0.345 e. The van der Waals surface area contributed by atoms with Crippen molar-refractivity contribution in [2.75, 3.05) is 0 Å². The van der Waals surface area contributed by atoms with Crippen LogP contribution in [0.1, 0.15) is 0 Å². The van der Waals surface area contributed by atoms with Gasteiger partial charge in [-0.15, -0.1) is 0 Å². The summed E-state index contributed by atoms with van der Waals surface area (Å²) in [4.78, 5) is 7.07. The lowest BCUT2D eigenvalue weighted by molar-refractivity contribution is 1.34. The standard InChI is InChI=1S/C7H6N2.H3N/c1-2-4-7-6(3-1)8-5-9-7;/h1-5H,(H,8,9);1H3. The minimum atomic E-state index is 0. The number of hydrogen-bond acceptors (Lipinski definition) is 2. The van der Waals surface area contributed by atoms with Crippen molar-refractivity contribution >= 4 is 11.0 Å². The predicted molar refractivity (Wildman–Crippen MR) is 41.1 cm³/mol. The van der Waals surface area contributed by atoms with Gasteiger partial charge in [-0.2, -0.15) is 0 Å². The highest BCUT2D eigenvalue weighted by Gasteiger charge is 1.88. The van der Waals surface area contributed by atoms with Gasteiger partial charge in [0.1, 0.15) is 0 Å². The summed E-state index contributed by atoms with van der Waals surface area (Å²) in [5.74, 6) is 0. The second-order valence-electron chi connectivity index (χ2n) is 1.92. The molecule has 0 aliphatic heterocycles. The molecule has 2 rings (SSSR count). The van der Waals surface area contributed by atoms with Gasteiger partial charge in [0.05, 0.1) is 17.4 Å². The fraction of sp³-hybridized carbons (Fsp3) is 0. The number of aromatic amines is 1. The average Bonchev–Trinajstić information content (AvgIpc) is 2.33.